The number of nitrogens with two attached hydrogens (primary N) is 1. The monoisotopic (exact) mass is 143 g/mol. The summed E-state index contributed by atoms with van der Waals surface area (Å²) in [5.41, 5.74) is 2.60. The molecule has 0 aliphatic heterocycles. The molecule has 0 saturated carbocycles. The lowest BCUT2D eigenvalue weighted by Gasteiger charge is -2.13. The molecule has 10 heavy (non-hydrogen) atoms. The fraction of sp³-hybridized carbons (Fsp3) is 0.857. The van der Waals surface area contributed by atoms with Gasteiger partial charge in [-0.3, -0.25) is 4.99 Å². The predicted octanol–water partition coefficient (Wildman–Crippen LogP) is 0.914. The molecule has 60 valence electrons. The quantitative estimate of drug-likeness (QED) is 0.267. The number of hydrogen-bond acceptors (Lipinski definition) is 2. The van der Waals surface area contributed by atoms with Gasteiger partial charge in [0.15, 0.2) is 0 Å². The first-order chi connectivity index (χ1) is 4.79. The van der Waals surface area contributed by atoms with Gasteiger partial charge in [-0.15, -0.1) is 0 Å². The first-order valence-corrected chi connectivity index (χ1v) is 3.73. The lowest BCUT2D eigenvalue weighted by Crippen LogP contribution is -2.35. The van der Waals surface area contributed by atoms with Gasteiger partial charge in [0.2, 0.25) is 0 Å². The van der Waals surface area contributed by atoms with E-state index in [1.807, 2.05) is 0 Å². The summed E-state index contributed by atoms with van der Waals surface area (Å²) in [6.45, 7) is 4.27. The van der Waals surface area contributed by atoms with E-state index in [1.165, 1.54) is 0 Å². The molecule has 3 nitrogen and oxygen atoms in total. The fourth-order valence-electron chi connectivity index (χ4n) is 1.04. The molecule has 0 aliphatic carbocycles. The van der Waals surface area contributed by atoms with Crippen LogP contribution < -0.4 is 11.3 Å². The van der Waals surface area contributed by atoms with Gasteiger partial charge in [0.05, 0.1) is 0 Å². The highest BCUT2D eigenvalue weighted by atomic mass is 15.2. The van der Waals surface area contributed by atoms with Gasteiger partial charge in [-0.25, -0.2) is 5.84 Å². The van der Waals surface area contributed by atoms with Crippen LogP contribution in [0.15, 0.2) is 4.99 Å². The Morgan fingerprint density at radius 2 is 2.00 bits per heavy atom. The molecule has 0 spiro atoms. The maximum Gasteiger partial charge on any atom is 0.113 e. The Kier molecular flexibility index (Phi) is 4.94. The van der Waals surface area contributed by atoms with Crippen molar-refractivity contribution in [3.05, 3.63) is 0 Å². The van der Waals surface area contributed by atoms with E-state index in [4.69, 9.17) is 5.84 Å². The van der Waals surface area contributed by atoms with E-state index in [-0.39, 0.29) is 0 Å². The van der Waals surface area contributed by atoms with Crippen molar-refractivity contribution in [3.63, 3.8) is 0 Å². The van der Waals surface area contributed by atoms with Gasteiger partial charge in [0, 0.05) is 13.0 Å². The second-order valence-corrected chi connectivity index (χ2v) is 2.27. The van der Waals surface area contributed by atoms with Crippen LogP contribution in [-0.2, 0) is 0 Å². The Balaban J connectivity index is 3.97. The summed E-state index contributed by atoms with van der Waals surface area (Å²) in [4.78, 5) is 4.03. The van der Waals surface area contributed by atoms with Crippen LogP contribution in [-0.4, -0.2) is 12.9 Å². The topological polar surface area (TPSA) is 50.4 Å². The molecule has 0 heterocycles. The molecule has 3 heteroatoms. The third kappa shape index (κ3) is 2.35. The SMILES string of the molecule is CCC(CC)C(=NC)NN. The number of amidine groups is 1. The predicted molar refractivity (Wildman–Crippen MR) is 44.8 cm³/mol. The minimum atomic E-state index is 0.495. The maximum absolute atomic E-state index is 5.25. The van der Waals surface area contributed by atoms with Gasteiger partial charge >= 0.3 is 0 Å². The highest BCUT2D eigenvalue weighted by molar-refractivity contribution is 5.83. The molecule has 0 radical (unpaired) electrons. The zero-order valence-corrected chi connectivity index (χ0v) is 7.02. The third-order valence-electron chi connectivity index (χ3n) is 1.76. The molecule has 0 unspecified atom stereocenters. The highest BCUT2D eigenvalue weighted by Crippen LogP contribution is 2.07. The van der Waals surface area contributed by atoms with E-state index < -0.39 is 0 Å². The van der Waals surface area contributed by atoms with Crippen LogP contribution in [0.3, 0.4) is 0 Å². The molecule has 0 aromatic carbocycles. The number of hydrogen-bond donors (Lipinski definition) is 2. The highest BCUT2D eigenvalue weighted by Gasteiger charge is 2.08. The van der Waals surface area contributed by atoms with Crippen LogP contribution >= 0.6 is 0 Å². The average molecular weight is 143 g/mol. The molecule has 0 aromatic rings. The molecular weight excluding hydrogens is 126 g/mol. The lowest BCUT2D eigenvalue weighted by molar-refractivity contribution is 0.619. The summed E-state index contributed by atoms with van der Waals surface area (Å²) >= 11 is 0. The van der Waals surface area contributed by atoms with Crippen LogP contribution in [0, 0.1) is 5.92 Å². The summed E-state index contributed by atoms with van der Waals surface area (Å²) in [6.07, 6.45) is 2.18. The van der Waals surface area contributed by atoms with Crippen molar-refractivity contribution in [1.82, 2.24) is 5.43 Å². The van der Waals surface area contributed by atoms with Gasteiger partial charge in [-0.1, -0.05) is 13.8 Å². The number of nitrogens with one attached hydrogen (secondary N) is 1. The molecule has 3 N–H and O–H groups in total. The molecular formula is C7H17N3. The van der Waals surface area contributed by atoms with E-state index in [1.54, 1.807) is 7.05 Å². The van der Waals surface area contributed by atoms with Crippen molar-refractivity contribution >= 4 is 5.84 Å². The van der Waals surface area contributed by atoms with Crippen molar-refractivity contribution in [3.8, 4) is 0 Å². The maximum atomic E-state index is 5.25. The number of hydrazine groups is 1. The van der Waals surface area contributed by atoms with Crippen molar-refractivity contribution in [2.45, 2.75) is 26.7 Å². The van der Waals surface area contributed by atoms with Crippen molar-refractivity contribution in [2.75, 3.05) is 7.05 Å². The van der Waals surface area contributed by atoms with Crippen LogP contribution in [0.4, 0.5) is 0 Å². The van der Waals surface area contributed by atoms with Crippen LogP contribution in [0.2, 0.25) is 0 Å². The smallest absolute Gasteiger partial charge is 0.113 e. The summed E-state index contributed by atoms with van der Waals surface area (Å²) < 4.78 is 0. The molecule has 0 amide bonds. The van der Waals surface area contributed by atoms with E-state index in [9.17, 15) is 0 Å². The van der Waals surface area contributed by atoms with Gasteiger partial charge < -0.3 is 5.43 Å². The lowest BCUT2D eigenvalue weighted by atomic mass is 10.0. The minimum absolute atomic E-state index is 0.495. The molecule has 0 fully saturated rings. The first kappa shape index (κ1) is 9.43. The van der Waals surface area contributed by atoms with E-state index in [0.717, 1.165) is 18.7 Å². The average Bonchev–Trinajstić information content (AvgIpc) is 2.00. The molecule has 0 aromatic heterocycles. The van der Waals surface area contributed by atoms with E-state index in [0.29, 0.717) is 5.92 Å². The Morgan fingerprint density at radius 3 is 2.10 bits per heavy atom. The molecule has 0 aliphatic rings. The van der Waals surface area contributed by atoms with Crippen molar-refractivity contribution < 1.29 is 0 Å². The van der Waals surface area contributed by atoms with E-state index in [2.05, 4.69) is 24.3 Å². The molecule has 0 saturated heterocycles. The Hall–Kier alpha value is -0.570. The summed E-state index contributed by atoms with van der Waals surface area (Å²) in [7, 11) is 1.76. The van der Waals surface area contributed by atoms with Gasteiger partial charge in [0.1, 0.15) is 5.84 Å². The fourth-order valence-corrected chi connectivity index (χ4v) is 1.04. The second kappa shape index (κ2) is 5.23. The van der Waals surface area contributed by atoms with Gasteiger partial charge in [-0.2, -0.15) is 0 Å². The zero-order valence-electron chi connectivity index (χ0n) is 7.02. The Labute approximate surface area is 62.7 Å². The van der Waals surface area contributed by atoms with Crippen molar-refractivity contribution in [1.29, 1.82) is 0 Å². The molecule has 0 atom stereocenters. The van der Waals surface area contributed by atoms with E-state index >= 15 is 0 Å². The van der Waals surface area contributed by atoms with Gasteiger partial charge in [0.25, 0.3) is 0 Å². The summed E-state index contributed by atoms with van der Waals surface area (Å²) in [5, 5.41) is 0. The number of nitrogens with zero attached hydrogens (tertiary/aromatic N) is 1. The van der Waals surface area contributed by atoms with Crippen LogP contribution in [0.25, 0.3) is 0 Å². The Bertz CT molecular complexity index is 105. The zero-order chi connectivity index (χ0) is 7.98. The normalized spacial score (nSPS) is 12.3. The number of rotatable bonds is 3. The van der Waals surface area contributed by atoms with Crippen LogP contribution in [0.5, 0.6) is 0 Å². The summed E-state index contributed by atoms with van der Waals surface area (Å²) in [6, 6.07) is 0. The Morgan fingerprint density at radius 1 is 1.50 bits per heavy atom. The van der Waals surface area contributed by atoms with Gasteiger partial charge in [-0.05, 0) is 12.8 Å². The third-order valence-corrected chi connectivity index (χ3v) is 1.76. The van der Waals surface area contributed by atoms with Crippen molar-refractivity contribution in [2.24, 2.45) is 16.8 Å². The first-order valence-electron chi connectivity index (χ1n) is 3.73. The molecule has 0 bridgehead atoms. The molecule has 0 rings (SSSR count). The largest absolute Gasteiger partial charge is 0.312 e. The minimum Gasteiger partial charge on any atom is -0.312 e. The van der Waals surface area contributed by atoms with Crippen LogP contribution in [0.1, 0.15) is 26.7 Å². The second-order valence-electron chi connectivity index (χ2n) is 2.27. The summed E-state index contributed by atoms with van der Waals surface area (Å²) in [5.74, 6) is 6.66. The number of aliphatic imine (C=N–C) groups is 1. The standard InChI is InChI=1S/C7H17N3/c1-4-6(5-2)7(9-3)10-8/h6H,4-5,8H2,1-3H3,(H,9,10).